The second kappa shape index (κ2) is 6.15. The van der Waals surface area contributed by atoms with E-state index >= 15 is 0 Å². The van der Waals surface area contributed by atoms with Gasteiger partial charge in [0.15, 0.2) is 0 Å². The van der Waals surface area contributed by atoms with Crippen molar-refractivity contribution >= 4 is 21.9 Å². The van der Waals surface area contributed by atoms with E-state index in [1.54, 1.807) is 36.4 Å². The molecule has 0 radical (unpaired) electrons. The molecule has 0 aliphatic heterocycles. The highest BCUT2D eigenvalue weighted by molar-refractivity contribution is 9.10. The summed E-state index contributed by atoms with van der Waals surface area (Å²) in [6.45, 7) is 0.137. The summed E-state index contributed by atoms with van der Waals surface area (Å²) in [5.74, 6) is 0.606. The number of nitrogen functional groups attached to an aromatic ring is 1. The minimum absolute atomic E-state index is 0.00556. The van der Waals surface area contributed by atoms with Crippen LogP contribution >= 0.6 is 15.9 Å². The van der Waals surface area contributed by atoms with Gasteiger partial charge in [-0.1, -0.05) is 23.3 Å². The molecule has 5 nitrogen and oxygen atoms in total. The van der Waals surface area contributed by atoms with Crippen LogP contribution in [0.3, 0.4) is 0 Å². The van der Waals surface area contributed by atoms with Gasteiger partial charge in [0.2, 0.25) is 5.89 Å². The Morgan fingerprint density at radius 1 is 1.18 bits per heavy atom. The highest BCUT2D eigenvalue weighted by Gasteiger charge is 2.10. The Bertz CT molecular complexity index is 807. The van der Waals surface area contributed by atoms with Crippen molar-refractivity contribution in [3.05, 3.63) is 58.3 Å². The van der Waals surface area contributed by atoms with E-state index in [9.17, 15) is 4.39 Å². The summed E-state index contributed by atoms with van der Waals surface area (Å²) >= 11 is 3.40. The zero-order chi connectivity index (χ0) is 15.5. The molecule has 0 amide bonds. The number of benzene rings is 2. The quantitative estimate of drug-likeness (QED) is 0.762. The van der Waals surface area contributed by atoms with Crippen molar-refractivity contribution < 1.29 is 13.5 Å². The number of rotatable bonds is 4. The van der Waals surface area contributed by atoms with Gasteiger partial charge in [-0.05, 0) is 40.2 Å². The molecule has 22 heavy (non-hydrogen) atoms. The molecule has 0 aliphatic carbocycles. The van der Waals surface area contributed by atoms with Crippen LogP contribution in [0.1, 0.15) is 5.56 Å². The Morgan fingerprint density at radius 3 is 2.68 bits per heavy atom. The third-order valence-corrected chi connectivity index (χ3v) is 3.58. The first kappa shape index (κ1) is 14.5. The van der Waals surface area contributed by atoms with Crippen LogP contribution in [0.25, 0.3) is 11.5 Å². The van der Waals surface area contributed by atoms with Gasteiger partial charge in [0.1, 0.15) is 18.2 Å². The fourth-order valence-electron chi connectivity index (χ4n) is 1.87. The molecular formula is C15H11BrFN3O2. The van der Waals surface area contributed by atoms with Gasteiger partial charge in [-0.2, -0.15) is 0 Å². The van der Waals surface area contributed by atoms with Crippen molar-refractivity contribution in [3.63, 3.8) is 0 Å². The van der Waals surface area contributed by atoms with Gasteiger partial charge in [-0.25, -0.2) is 4.39 Å². The van der Waals surface area contributed by atoms with E-state index in [1.165, 1.54) is 6.07 Å². The van der Waals surface area contributed by atoms with Crippen molar-refractivity contribution in [2.75, 3.05) is 5.73 Å². The lowest BCUT2D eigenvalue weighted by Gasteiger charge is -2.09. The van der Waals surface area contributed by atoms with Gasteiger partial charge in [0.05, 0.1) is 4.47 Å². The van der Waals surface area contributed by atoms with E-state index in [0.717, 1.165) is 0 Å². The molecule has 112 valence electrons. The Kier molecular flexibility index (Phi) is 4.06. The number of aromatic nitrogens is 2. The van der Waals surface area contributed by atoms with Gasteiger partial charge >= 0.3 is 6.01 Å². The molecule has 2 N–H and O–H groups in total. The van der Waals surface area contributed by atoms with E-state index in [2.05, 4.69) is 26.1 Å². The van der Waals surface area contributed by atoms with E-state index in [-0.39, 0.29) is 18.4 Å². The standard InChI is InChI=1S/C15H11BrFN3O2/c16-11-7-9(14-19-20-15(18)22-14)5-6-13(11)21-8-10-3-1-2-4-12(10)17/h1-7H,8H2,(H2,18,20). The number of hydrogen-bond acceptors (Lipinski definition) is 5. The maximum absolute atomic E-state index is 13.5. The maximum Gasteiger partial charge on any atom is 0.313 e. The van der Waals surface area contributed by atoms with Crippen LogP contribution in [0, 0.1) is 5.82 Å². The first-order valence-corrected chi connectivity index (χ1v) is 7.18. The van der Waals surface area contributed by atoms with Gasteiger partial charge < -0.3 is 14.9 Å². The van der Waals surface area contributed by atoms with Gasteiger partial charge in [0.25, 0.3) is 0 Å². The van der Waals surface area contributed by atoms with E-state index < -0.39 is 0 Å². The van der Waals surface area contributed by atoms with Crippen molar-refractivity contribution in [3.8, 4) is 17.2 Å². The number of ether oxygens (including phenoxy) is 1. The molecule has 1 aromatic heterocycles. The lowest BCUT2D eigenvalue weighted by atomic mass is 10.2. The molecular weight excluding hydrogens is 353 g/mol. The summed E-state index contributed by atoms with van der Waals surface area (Å²) in [6, 6.07) is 11.7. The van der Waals surface area contributed by atoms with Crippen LogP contribution in [0.4, 0.5) is 10.4 Å². The zero-order valence-electron chi connectivity index (χ0n) is 11.3. The molecule has 0 spiro atoms. The number of halogens is 2. The van der Waals surface area contributed by atoms with Crippen LogP contribution < -0.4 is 10.5 Å². The van der Waals surface area contributed by atoms with Crippen LogP contribution in [0.15, 0.2) is 51.4 Å². The normalized spacial score (nSPS) is 10.6. The summed E-state index contributed by atoms with van der Waals surface area (Å²) in [5.41, 5.74) is 6.59. The Hall–Kier alpha value is -2.41. The second-order valence-corrected chi connectivity index (χ2v) is 5.33. The van der Waals surface area contributed by atoms with E-state index in [4.69, 9.17) is 14.9 Å². The van der Waals surface area contributed by atoms with Gasteiger partial charge in [0, 0.05) is 11.1 Å². The molecule has 0 aliphatic rings. The fourth-order valence-corrected chi connectivity index (χ4v) is 2.37. The number of nitrogens with zero attached hydrogens (tertiary/aromatic N) is 2. The summed E-state index contributed by atoms with van der Waals surface area (Å²) in [7, 11) is 0. The van der Waals surface area contributed by atoms with Crippen molar-refractivity contribution in [1.82, 2.24) is 10.2 Å². The molecule has 0 fully saturated rings. The first-order chi connectivity index (χ1) is 10.6. The Balaban J connectivity index is 1.77. The lowest BCUT2D eigenvalue weighted by Crippen LogP contribution is -1.98. The zero-order valence-corrected chi connectivity index (χ0v) is 12.9. The van der Waals surface area contributed by atoms with Crippen molar-refractivity contribution in [2.24, 2.45) is 0 Å². The minimum atomic E-state index is -0.295. The van der Waals surface area contributed by atoms with Crippen molar-refractivity contribution in [2.45, 2.75) is 6.61 Å². The van der Waals surface area contributed by atoms with Crippen LogP contribution in [-0.2, 0) is 6.61 Å². The Labute approximate surface area is 134 Å². The predicted molar refractivity (Wildman–Crippen MR) is 82.6 cm³/mol. The molecule has 7 heteroatoms. The summed E-state index contributed by atoms with van der Waals surface area (Å²) in [6.07, 6.45) is 0. The molecule has 0 saturated heterocycles. The summed E-state index contributed by atoms with van der Waals surface area (Å²) in [4.78, 5) is 0. The third-order valence-electron chi connectivity index (χ3n) is 2.96. The maximum atomic E-state index is 13.5. The average Bonchev–Trinajstić information content (AvgIpc) is 2.94. The molecule has 0 saturated carbocycles. The monoisotopic (exact) mass is 363 g/mol. The van der Waals surface area contributed by atoms with Gasteiger partial charge in [-0.15, -0.1) is 5.10 Å². The van der Waals surface area contributed by atoms with E-state index in [1.807, 2.05) is 0 Å². The Morgan fingerprint density at radius 2 is 2.00 bits per heavy atom. The third kappa shape index (κ3) is 3.09. The summed E-state index contributed by atoms with van der Waals surface area (Å²) in [5, 5.41) is 7.41. The highest BCUT2D eigenvalue weighted by atomic mass is 79.9. The molecule has 1 heterocycles. The fraction of sp³-hybridized carbons (Fsp3) is 0.0667. The number of anilines is 1. The predicted octanol–water partition coefficient (Wildman–Crippen LogP) is 3.80. The molecule has 0 atom stereocenters. The summed E-state index contributed by atoms with van der Waals surface area (Å²) < 4.78 is 25.0. The molecule has 3 aromatic rings. The topological polar surface area (TPSA) is 74.2 Å². The van der Waals surface area contributed by atoms with Gasteiger partial charge in [-0.3, -0.25) is 0 Å². The first-order valence-electron chi connectivity index (χ1n) is 6.38. The second-order valence-electron chi connectivity index (χ2n) is 4.47. The number of nitrogens with two attached hydrogens (primary N) is 1. The molecule has 2 aromatic carbocycles. The average molecular weight is 364 g/mol. The minimum Gasteiger partial charge on any atom is -0.488 e. The van der Waals surface area contributed by atoms with Crippen LogP contribution in [0.2, 0.25) is 0 Å². The molecule has 3 rings (SSSR count). The largest absolute Gasteiger partial charge is 0.488 e. The SMILES string of the molecule is Nc1nnc(-c2ccc(OCc3ccccc3F)c(Br)c2)o1. The van der Waals surface area contributed by atoms with Crippen molar-refractivity contribution in [1.29, 1.82) is 0 Å². The molecule has 0 unspecified atom stereocenters. The number of hydrogen-bond donors (Lipinski definition) is 1. The van der Waals surface area contributed by atoms with E-state index in [0.29, 0.717) is 27.2 Å². The lowest BCUT2D eigenvalue weighted by molar-refractivity contribution is 0.298. The van der Waals surface area contributed by atoms with Crippen LogP contribution in [0.5, 0.6) is 5.75 Å². The highest BCUT2D eigenvalue weighted by Crippen LogP contribution is 2.31. The molecule has 0 bridgehead atoms. The van der Waals surface area contributed by atoms with Crippen LogP contribution in [-0.4, -0.2) is 10.2 Å². The smallest absolute Gasteiger partial charge is 0.313 e.